The fraction of sp³-hybridized carbons (Fsp3) is 0.0750. The lowest BCUT2D eigenvalue weighted by Crippen LogP contribution is -2.35. The van der Waals surface area contributed by atoms with E-state index in [0.29, 0.717) is 5.02 Å². The topological polar surface area (TPSA) is 16.4 Å². The van der Waals surface area contributed by atoms with E-state index in [4.69, 9.17) is 16.3 Å². The van der Waals surface area contributed by atoms with Gasteiger partial charge in [-0.1, -0.05) is 126 Å². The van der Waals surface area contributed by atoms with Gasteiger partial charge >= 0.3 is 0 Å². The maximum atomic E-state index is 6.57. The molecule has 0 atom stereocenters. The number of aromatic nitrogens is 1. The van der Waals surface area contributed by atoms with Crippen LogP contribution in [0.2, 0.25) is 5.02 Å². The third-order valence-electron chi connectivity index (χ3n) is 8.44. The molecule has 3 nitrogen and oxygen atoms in total. The summed E-state index contributed by atoms with van der Waals surface area (Å²) in [7, 11) is 0. The Bertz CT molecular complexity index is 2250. The Balaban J connectivity index is 1.22. The van der Waals surface area contributed by atoms with E-state index in [0.717, 1.165) is 41.8 Å². The number of rotatable bonds is 7. The Labute approximate surface area is 271 Å². The standard InChI is InChI=1S/C40H30ClN2OS/c41-32-20-21-36-35(26-32)42(25-23-31-16-8-15-29-13-4-6-17-33(29)31)38(44-36)27-39-43(24-9-12-28-10-2-1-3-11-28)40-34-18-7-5-14-30(34)19-22-37(40)45-39/h1-22,26-27H,23-25H2/q+1. The Hall–Kier alpha value is -4.90. The first-order valence-electron chi connectivity index (χ1n) is 15.2. The van der Waals surface area contributed by atoms with E-state index in [2.05, 4.69) is 131 Å². The van der Waals surface area contributed by atoms with Gasteiger partial charge in [0.15, 0.2) is 12.3 Å². The fourth-order valence-electron chi connectivity index (χ4n) is 6.28. The number of allylic oxidation sites excluding steroid dienone is 1. The van der Waals surface area contributed by atoms with Gasteiger partial charge in [0.05, 0.1) is 17.1 Å². The molecule has 8 rings (SSSR count). The number of fused-ring (bicyclic) bond motifs is 5. The molecule has 1 aliphatic heterocycles. The first-order chi connectivity index (χ1) is 22.2. The van der Waals surface area contributed by atoms with E-state index in [-0.39, 0.29) is 0 Å². The molecule has 0 spiro atoms. The van der Waals surface area contributed by atoms with Crippen LogP contribution < -0.4 is 14.2 Å². The maximum Gasteiger partial charge on any atom is 0.268 e. The van der Waals surface area contributed by atoms with Crippen LogP contribution in [0.3, 0.4) is 0 Å². The zero-order chi connectivity index (χ0) is 30.2. The van der Waals surface area contributed by atoms with Crippen LogP contribution in [0.15, 0.2) is 139 Å². The van der Waals surface area contributed by atoms with Crippen LogP contribution in [0.5, 0.6) is 5.75 Å². The van der Waals surface area contributed by atoms with Crippen LogP contribution in [0.4, 0.5) is 5.69 Å². The van der Waals surface area contributed by atoms with Crippen molar-refractivity contribution in [2.45, 2.75) is 13.0 Å². The lowest BCUT2D eigenvalue weighted by atomic mass is 10.0. The quantitative estimate of drug-likeness (QED) is 0.165. The summed E-state index contributed by atoms with van der Waals surface area (Å²) in [4.78, 5) is 2.27. The zero-order valence-electron chi connectivity index (χ0n) is 24.6. The summed E-state index contributed by atoms with van der Waals surface area (Å²) in [5.41, 5.74) is 4.74. The van der Waals surface area contributed by atoms with Crippen molar-refractivity contribution in [2.75, 3.05) is 11.4 Å². The van der Waals surface area contributed by atoms with E-state index in [1.807, 2.05) is 24.3 Å². The second-order valence-electron chi connectivity index (χ2n) is 11.2. The first kappa shape index (κ1) is 27.6. The predicted octanol–water partition coefficient (Wildman–Crippen LogP) is 10.3. The van der Waals surface area contributed by atoms with Gasteiger partial charge in [0.25, 0.3) is 5.01 Å². The summed E-state index contributed by atoms with van der Waals surface area (Å²) in [6.45, 7) is 1.49. The van der Waals surface area contributed by atoms with Crippen molar-refractivity contribution in [1.29, 1.82) is 0 Å². The van der Waals surface area contributed by atoms with Crippen LogP contribution in [0, 0.1) is 0 Å². The van der Waals surface area contributed by atoms with Crippen molar-refractivity contribution >= 4 is 72.5 Å². The van der Waals surface area contributed by atoms with Gasteiger partial charge in [0, 0.05) is 11.6 Å². The van der Waals surface area contributed by atoms with Crippen LogP contribution in [-0.4, -0.2) is 6.54 Å². The third kappa shape index (κ3) is 5.37. The minimum Gasteiger partial charge on any atom is -0.438 e. The van der Waals surface area contributed by atoms with Gasteiger partial charge in [-0.2, -0.15) is 4.57 Å². The average molecular weight is 622 g/mol. The molecule has 5 heteroatoms. The molecule has 45 heavy (non-hydrogen) atoms. The van der Waals surface area contributed by atoms with Gasteiger partial charge in [0.2, 0.25) is 11.4 Å². The highest BCUT2D eigenvalue weighted by molar-refractivity contribution is 7.19. The molecule has 6 aromatic carbocycles. The first-order valence-corrected chi connectivity index (χ1v) is 16.4. The summed E-state index contributed by atoms with van der Waals surface area (Å²) in [6.07, 6.45) is 7.50. The molecule has 0 saturated carbocycles. The molecule has 0 saturated heterocycles. The van der Waals surface area contributed by atoms with Gasteiger partial charge in [0.1, 0.15) is 4.70 Å². The third-order valence-corrected chi connectivity index (χ3v) is 9.77. The summed E-state index contributed by atoms with van der Waals surface area (Å²) < 4.78 is 10.2. The molecule has 1 aliphatic rings. The Morgan fingerprint density at radius 3 is 2.38 bits per heavy atom. The normalized spacial score (nSPS) is 13.8. The highest BCUT2D eigenvalue weighted by Gasteiger charge is 2.29. The largest absolute Gasteiger partial charge is 0.438 e. The van der Waals surface area contributed by atoms with Crippen molar-refractivity contribution in [3.8, 4) is 5.75 Å². The molecule has 0 N–H and O–H groups in total. The molecule has 0 unspecified atom stereocenters. The summed E-state index contributed by atoms with van der Waals surface area (Å²) in [6, 6.07) is 44.6. The zero-order valence-corrected chi connectivity index (χ0v) is 26.1. The monoisotopic (exact) mass is 621 g/mol. The van der Waals surface area contributed by atoms with E-state index >= 15 is 0 Å². The van der Waals surface area contributed by atoms with Crippen LogP contribution in [-0.2, 0) is 13.0 Å². The van der Waals surface area contributed by atoms with Crippen molar-refractivity contribution in [1.82, 2.24) is 0 Å². The molecule has 0 aliphatic carbocycles. The molecular weight excluding hydrogens is 592 g/mol. The second kappa shape index (κ2) is 11.9. The molecule has 0 fully saturated rings. The lowest BCUT2D eigenvalue weighted by Gasteiger charge is -2.19. The Morgan fingerprint density at radius 1 is 0.756 bits per heavy atom. The Morgan fingerprint density at radius 2 is 1.51 bits per heavy atom. The molecule has 218 valence electrons. The molecule has 1 aromatic heterocycles. The van der Waals surface area contributed by atoms with Crippen LogP contribution in [0.1, 0.15) is 16.1 Å². The van der Waals surface area contributed by atoms with E-state index in [1.165, 1.54) is 42.9 Å². The van der Waals surface area contributed by atoms with Crippen molar-refractivity contribution in [3.05, 3.63) is 161 Å². The SMILES string of the molecule is Clc1ccc2c(c1)N(CCc1cccc3ccccc13)C(=Cc1sc3ccc4ccccc4c3[n+]1CC=Cc1ccccc1)O2. The maximum absolute atomic E-state index is 6.57. The number of anilines is 1. The highest BCUT2D eigenvalue weighted by atomic mass is 35.5. The van der Waals surface area contributed by atoms with E-state index < -0.39 is 0 Å². The lowest BCUT2D eigenvalue weighted by molar-refractivity contribution is -0.657. The number of hydrogen-bond donors (Lipinski definition) is 0. The summed E-state index contributed by atoms with van der Waals surface area (Å²) >= 11 is 8.31. The molecular formula is C40H30ClN2OS+. The summed E-state index contributed by atoms with van der Waals surface area (Å²) in [5, 5.41) is 6.86. The highest BCUT2D eigenvalue weighted by Crippen LogP contribution is 2.42. The summed E-state index contributed by atoms with van der Waals surface area (Å²) in [5.74, 6) is 1.63. The minimum absolute atomic E-state index is 0.697. The molecule has 7 aromatic rings. The number of nitrogens with zero attached hydrogens (tertiary/aromatic N) is 2. The van der Waals surface area contributed by atoms with Crippen molar-refractivity contribution in [2.24, 2.45) is 0 Å². The van der Waals surface area contributed by atoms with Crippen LogP contribution in [0.25, 0.3) is 43.9 Å². The van der Waals surface area contributed by atoms with Gasteiger partial charge in [-0.3, -0.25) is 0 Å². The molecule has 0 radical (unpaired) electrons. The number of benzene rings is 6. The van der Waals surface area contributed by atoms with Gasteiger partial charge < -0.3 is 9.64 Å². The fourth-order valence-corrected chi connectivity index (χ4v) is 7.56. The number of thiazole rings is 1. The van der Waals surface area contributed by atoms with Crippen LogP contribution >= 0.6 is 22.9 Å². The number of ether oxygens (including phenoxy) is 1. The minimum atomic E-state index is 0.697. The predicted molar refractivity (Wildman–Crippen MR) is 190 cm³/mol. The van der Waals surface area contributed by atoms with E-state index in [9.17, 15) is 0 Å². The molecule has 0 amide bonds. The van der Waals surface area contributed by atoms with Crippen molar-refractivity contribution < 1.29 is 9.30 Å². The molecule has 0 bridgehead atoms. The van der Waals surface area contributed by atoms with Gasteiger partial charge in [-0.15, -0.1) is 0 Å². The van der Waals surface area contributed by atoms with Gasteiger partial charge in [-0.25, -0.2) is 0 Å². The molecule has 2 heterocycles. The smallest absolute Gasteiger partial charge is 0.268 e. The van der Waals surface area contributed by atoms with Gasteiger partial charge in [-0.05, 0) is 70.1 Å². The average Bonchev–Trinajstić information content (AvgIpc) is 3.61. The van der Waals surface area contributed by atoms with Crippen molar-refractivity contribution in [3.63, 3.8) is 0 Å². The number of hydrogen-bond acceptors (Lipinski definition) is 3. The van der Waals surface area contributed by atoms with E-state index in [1.54, 1.807) is 11.3 Å². The Kier molecular flexibility index (Phi) is 7.30. The number of halogens is 1. The second-order valence-corrected chi connectivity index (χ2v) is 12.7.